The molecule has 0 heterocycles. The molecule has 0 spiro atoms. The standard InChI is InChI=1S/C12H18ClNO2S/c1-4-14(10(2)3)17(15,16)12-7-5-11(9-13)6-8-12/h5-8,10H,4,9H2,1-3H3. The van der Waals surface area contributed by atoms with E-state index in [1.807, 2.05) is 20.8 Å². The van der Waals surface area contributed by atoms with Crippen molar-refractivity contribution in [2.75, 3.05) is 6.54 Å². The van der Waals surface area contributed by atoms with Crippen molar-refractivity contribution < 1.29 is 8.42 Å². The highest BCUT2D eigenvalue weighted by molar-refractivity contribution is 7.89. The van der Waals surface area contributed by atoms with Gasteiger partial charge in [0.1, 0.15) is 0 Å². The summed E-state index contributed by atoms with van der Waals surface area (Å²) in [6.45, 7) is 6.05. The Kier molecular flexibility index (Phi) is 4.98. The Morgan fingerprint density at radius 1 is 1.24 bits per heavy atom. The summed E-state index contributed by atoms with van der Waals surface area (Å²) in [4.78, 5) is 0.321. The molecule has 1 aromatic rings. The lowest BCUT2D eigenvalue weighted by molar-refractivity contribution is 0.369. The molecular formula is C12H18ClNO2S. The molecule has 0 aliphatic heterocycles. The minimum absolute atomic E-state index is 0.0438. The topological polar surface area (TPSA) is 37.4 Å². The van der Waals surface area contributed by atoms with E-state index in [2.05, 4.69) is 0 Å². The first-order valence-electron chi connectivity index (χ1n) is 5.60. The van der Waals surface area contributed by atoms with E-state index in [0.29, 0.717) is 17.3 Å². The molecule has 5 heteroatoms. The van der Waals surface area contributed by atoms with Gasteiger partial charge < -0.3 is 0 Å². The number of benzene rings is 1. The highest BCUT2D eigenvalue weighted by Crippen LogP contribution is 2.18. The Morgan fingerprint density at radius 2 is 1.76 bits per heavy atom. The third-order valence-corrected chi connectivity index (χ3v) is 5.05. The fraction of sp³-hybridized carbons (Fsp3) is 0.500. The first-order valence-corrected chi connectivity index (χ1v) is 7.57. The van der Waals surface area contributed by atoms with Gasteiger partial charge in [-0.25, -0.2) is 8.42 Å². The molecule has 0 aliphatic rings. The van der Waals surface area contributed by atoms with Crippen molar-refractivity contribution in [1.82, 2.24) is 4.31 Å². The highest BCUT2D eigenvalue weighted by Gasteiger charge is 2.25. The van der Waals surface area contributed by atoms with E-state index >= 15 is 0 Å². The number of sulfonamides is 1. The Balaban J connectivity index is 3.11. The Hall–Kier alpha value is -0.580. The zero-order valence-corrected chi connectivity index (χ0v) is 11.9. The zero-order valence-electron chi connectivity index (χ0n) is 10.4. The summed E-state index contributed by atoms with van der Waals surface area (Å²) >= 11 is 5.67. The Bertz CT molecular complexity index is 454. The molecule has 3 nitrogen and oxygen atoms in total. The third-order valence-electron chi connectivity index (χ3n) is 2.57. The van der Waals surface area contributed by atoms with E-state index in [0.717, 1.165) is 5.56 Å². The molecule has 0 aromatic heterocycles. The van der Waals surface area contributed by atoms with E-state index in [9.17, 15) is 8.42 Å². The normalized spacial score (nSPS) is 12.4. The van der Waals surface area contributed by atoms with Crippen molar-refractivity contribution in [2.45, 2.75) is 37.6 Å². The summed E-state index contributed by atoms with van der Waals surface area (Å²) in [7, 11) is -3.39. The van der Waals surface area contributed by atoms with Crippen LogP contribution in [0.3, 0.4) is 0 Å². The van der Waals surface area contributed by atoms with E-state index in [1.165, 1.54) is 4.31 Å². The lowest BCUT2D eigenvalue weighted by Gasteiger charge is -2.24. The molecule has 17 heavy (non-hydrogen) atoms. The van der Waals surface area contributed by atoms with Gasteiger partial charge in [0.25, 0.3) is 0 Å². The second-order valence-electron chi connectivity index (χ2n) is 4.08. The Morgan fingerprint density at radius 3 is 2.12 bits per heavy atom. The van der Waals surface area contributed by atoms with Crippen LogP contribution in [-0.4, -0.2) is 25.3 Å². The maximum atomic E-state index is 12.3. The van der Waals surface area contributed by atoms with Gasteiger partial charge in [-0.15, -0.1) is 11.6 Å². The van der Waals surface area contributed by atoms with Gasteiger partial charge in [0.05, 0.1) is 4.90 Å². The van der Waals surface area contributed by atoms with Crippen LogP contribution in [0.15, 0.2) is 29.2 Å². The summed E-state index contributed by atoms with van der Waals surface area (Å²) in [6, 6.07) is 6.66. The summed E-state index contributed by atoms with van der Waals surface area (Å²) in [5, 5.41) is 0. The molecule has 1 rings (SSSR count). The van der Waals surface area contributed by atoms with Crippen LogP contribution in [0.4, 0.5) is 0 Å². The van der Waals surface area contributed by atoms with Gasteiger partial charge in [0.2, 0.25) is 10.0 Å². The second kappa shape index (κ2) is 5.85. The third kappa shape index (κ3) is 3.21. The monoisotopic (exact) mass is 275 g/mol. The SMILES string of the molecule is CCN(C(C)C)S(=O)(=O)c1ccc(CCl)cc1. The van der Waals surface area contributed by atoms with Crippen molar-refractivity contribution >= 4 is 21.6 Å². The quantitative estimate of drug-likeness (QED) is 0.775. The van der Waals surface area contributed by atoms with E-state index in [-0.39, 0.29) is 6.04 Å². The van der Waals surface area contributed by atoms with Gasteiger partial charge >= 0.3 is 0 Å². The van der Waals surface area contributed by atoms with Gasteiger partial charge in [-0.3, -0.25) is 0 Å². The molecule has 0 saturated carbocycles. The number of nitrogens with zero attached hydrogens (tertiary/aromatic N) is 1. The molecule has 96 valence electrons. The van der Waals surface area contributed by atoms with Crippen LogP contribution in [0.2, 0.25) is 0 Å². The largest absolute Gasteiger partial charge is 0.243 e. The van der Waals surface area contributed by atoms with Crippen molar-refractivity contribution in [3.8, 4) is 0 Å². The van der Waals surface area contributed by atoms with Gasteiger partial charge in [-0.1, -0.05) is 19.1 Å². The fourth-order valence-electron chi connectivity index (χ4n) is 1.70. The molecule has 0 bridgehead atoms. The van der Waals surface area contributed by atoms with Gasteiger partial charge in [-0.2, -0.15) is 4.31 Å². The minimum atomic E-state index is -3.39. The lowest BCUT2D eigenvalue weighted by Crippen LogP contribution is -2.36. The van der Waals surface area contributed by atoms with Crippen LogP contribution < -0.4 is 0 Å². The van der Waals surface area contributed by atoms with Crippen LogP contribution in [0.5, 0.6) is 0 Å². The number of hydrogen-bond donors (Lipinski definition) is 0. The van der Waals surface area contributed by atoms with Crippen molar-refractivity contribution in [1.29, 1.82) is 0 Å². The van der Waals surface area contributed by atoms with Crippen LogP contribution in [0.25, 0.3) is 0 Å². The predicted molar refractivity (Wildman–Crippen MR) is 70.7 cm³/mol. The molecule has 0 aliphatic carbocycles. The number of alkyl halides is 1. The molecule has 0 unspecified atom stereocenters. The Labute approximate surface area is 108 Å². The molecule has 0 atom stereocenters. The summed E-state index contributed by atoms with van der Waals surface area (Å²) in [5.41, 5.74) is 0.915. The highest BCUT2D eigenvalue weighted by atomic mass is 35.5. The summed E-state index contributed by atoms with van der Waals surface area (Å²) in [5.74, 6) is 0.391. The second-order valence-corrected chi connectivity index (χ2v) is 6.24. The van der Waals surface area contributed by atoms with Crippen LogP contribution in [0, 0.1) is 0 Å². The smallest absolute Gasteiger partial charge is 0.207 e. The van der Waals surface area contributed by atoms with E-state index in [4.69, 9.17) is 11.6 Å². The molecule has 0 saturated heterocycles. The molecule has 0 fully saturated rings. The lowest BCUT2D eigenvalue weighted by atomic mass is 10.2. The van der Waals surface area contributed by atoms with Gasteiger partial charge in [-0.05, 0) is 31.5 Å². The molecular weight excluding hydrogens is 258 g/mol. The van der Waals surface area contributed by atoms with Gasteiger partial charge in [0.15, 0.2) is 0 Å². The predicted octanol–water partition coefficient (Wildman–Crippen LogP) is 2.84. The molecule has 0 amide bonds. The average molecular weight is 276 g/mol. The molecule has 0 radical (unpaired) electrons. The first-order chi connectivity index (χ1) is 7.93. The van der Waals surface area contributed by atoms with E-state index < -0.39 is 10.0 Å². The number of hydrogen-bond acceptors (Lipinski definition) is 2. The maximum absolute atomic E-state index is 12.3. The fourth-order valence-corrected chi connectivity index (χ4v) is 3.52. The number of halogens is 1. The maximum Gasteiger partial charge on any atom is 0.243 e. The van der Waals surface area contributed by atoms with Crippen LogP contribution in [0.1, 0.15) is 26.3 Å². The summed E-state index contributed by atoms with van der Waals surface area (Å²) in [6.07, 6.45) is 0. The first kappa shape index (κ1) is 14.5. The minimum Gasteiger partial charge on any atom is -0.207 e. The van der Waals surface area contributed by atoms with Crippen molar-refractivity contribution in [3.63, 3.8) is 0 Å². The number of rotatable bonds is 5. The van der Waals surface area contributed by atoms with E-state index in [1.54, 1.807) is 24.3 Å². The average Bonchev–Trinajstić information content (AvgIpc) is 2.29. The van der Waals surface area contributed by atoms with Gasteiger partial charge in [0, 0.05) is 18.5 Å². The van der Waals surface area contributed by atoms with Crippen LogP contribution >= 0.6 is 11.6 Å². The van der Waals surface area contributed by atoms with Crippen molar-refractivity contribution in [3.05, 3.63) is 29.8 Å². The molecule has 0 N–H and O–H groups in total. The summed E-state index contributed by atoms with van der Waals surface area (Å²) < 4.78 is 26.1. The zero-order chi connectivity index (χ0) is 13.1. The molecule has 1 aromatic carbocycles. The van der Waals surface area contributed by atoms with Crippen LogP contribution in [-0.2, 0) is 15.9 Å². The van der Waals surface area contributed by atoms with Crippen molar-refractivity contribution in [2.24, 2.45) is 0 Å².